The Bertz CT molecular complexity index is 813. The maximum absolute atomic E-state index is 6.65. The summed E-state index contributed by atoms with van der Waals surface area (Å²) in [5, 5.41) is -0.395. The third-order valence-electron chi connectivity index (χ3n) is 6.71. The summed E-state index contributed by atoms with van der Waals surface area (Å²) in [6.07, 6.45) is 7.43. The first-order valence-electron chi connectivity index (χ1n) is 10.8. The summed E-state index contributed by atoms with van der Waals surface area (Å²) in [5.74, 6) is 0.715. The van der Waals surface area contributed by atoms with E-state index in [4.69, 9.17) is 12.8 Å². The van der Waals surface area contributed by atoms with Gasteiger partial charge >= 0.3 is 0 Å². The molecular weight excluding hydrogens is 337 g/mol. The SMILES string of the molecule is [B]C(C)(C)c1cc(-c2ccc(C(C)(C)C)cc2)ncc1C(C)(C)C1CCCC1. The maximum Gasteiger partial charge on any atom is 0.0803 e. The van der Waals surface area contributed by atoms with E-state index in [1.165, 1.54) is 42.4 Å². The zero-order valence-corrected chi connectivity index (χ0v) is 18.9. The zero-order valence-electron chi connectivity index (χ0n) is 18.9. The second-order valence-corrected chi connectivity index (χ2v) is 10.9. The Balaban J connectivity index is 2.04. The Morgan fingerprint density at radius 1 is 0.857 bits per heavy atom. The largest absolute Gasteiger partial charge is 0.256 e. The fraction of sp³-hybridized carbons (Fsp3) is 0.577. The van der Waals surface area contributed by atoms with Crippen LogP contribution in [0.25, 0.3) is 11.3 Å². The number of hydrogen-bond donors (Lipinski definition) is 0. The van der Waals surface area contributed by atoms with Crippen LogP contribution in [0, 0.1) is 5.92 Å². The van der Waals surface area contributed by atoms with E-state index >= 15 is 0 Å². The molecule has 1 aliphatic rings. The predicted molar refractivity (Wildman–Crippen MR) is 122 cm³/mol. The second kappa shape index (κ2) is 7.36. The summed E-state index contributed by atoms with van der Waals surface area (Å²) in [4.78, 5) is 4.90. The minimum Gasteiger partial charge on any atom is -0.256 e. The first-order chi connectivity index (χ1) is 12.9. The van der Waals surface area contributed by atoms with E-state index in [2.05, 4.69) is 85.0 Å². The van der Waals surface area contributed by atoms with Crippen molar-refractivity contribution >= 4 is 7.85 Å². The molecule has 28 heavy (non-hydrogen) atoms. The molecule has 1 saturated carbocycles. The molecule has 2 aromatic rings. The monoisotopic (exact) mass is 373 g/mol. The number of hydrogen-bond acceptors (Lipinski definition) is 1. The Hall–Kier alpha value is -1.57. The van der Waals surface area contributed by atoms with Gasteiger partial charge in [-0.3, -0.25) is 4.98 Å². The van der Waals surface area contributed by atoms with Crippen molar-refractivity contribution < 1.29 is 0 Å². The molecule has 148 valence electrons. The van der Waals surface area contributed by atoms with Crippen molar-refractivity contribution in [3.63, 3.8) is 0 Å². The molecule has 0 saturated heterocycles. The van der Waals surface area contributed by atoms with Crippen LogP contribution >= 0.6 is 0 Å². The summed E-state index contributed by atoms with van der Waals surface area (Å²) in [7, 11) is 6.65. The van der Waals surface area contributed by atoms with Gasteiger partial charge in [-0.15, -0.1) is 0 Å². The van der Waals surface area contributed by atoms with E-state index in [0.29, 0.717) is 5.92 Å². The van der Waals surface area contributed by atoms with E-state index < -0.39 is 5.31 Å². The van der Waals surface area contributed by atoms with Crippen molar-refractivity contribution in [1.29, 1.82) is 0 Å². The Kier molecular flexibility index (Phi) is 5.56. The zero-order chi connectivity index (χ0) is 20.7. The summed E-state index contributed by atoms with van der Waals surface area (Å²) in [6.45, 7) is 15.7. The van der Waals surface area contributed by atoms with Crippen molar-refractivity contribution in [3.8, 4) is 11.3 Å². The Labute approximate surface area is 173 Å². The van der Waals surface area contributed by atoms with Crippen molar-refractivity contribution in [3.05, 3.63) is 53.2 Å². The van der Waals surface area contributed by atoms with Crippen LogP contribution in [0.2, 0.25) is 0 Å². The smallest absolute Gasteiger partial charge is 0.0803 e. The van der Waals surface area contributed by atoms with E-state index in [1.54, 1.807) is 0 Å². The Morgan fingerprint density at radius 2 is 1.43 bits per heavy atom. The van der Waals surface area contributed by atoms with E-state index in [9.17, 15) is 0 Å². The molecule has 0 unspecified atom stereocenters. The van der Waals surface area contributed by atoms with Gasteiger partial charge in [-0.1, -0.05) is 85.6 Å². The highest BCUT2D eigenvalue weighted by molar-refractivity contribution is 6.15. The van der Waals surface area contributed by atoms with Gasteiger partial charge in [0.2, 0.25) is 0 Å². The van der Waals surface area contributed by atoms with Crippen LogP contribution in [0.4, 0.5) is 0 Å². The molecule has 1 aromatic carbocycles. The average Bonchev–Trinajstić information content (AvgIpc) is 3.15. The van der Waals surface area contributed by atoms with Gasteiger partial charge < -0.3 is 0 Å². The molecule has 0 bridgehead atoms. The molecule has 1 heterocycles. The average molecular weight is 373 g/mol. The summed E-state index contributed by atoms with van der Waals surface area (Å²) < 4.78 is 0. The summed E-state index contributed by atoms with van der Waals surface area (Å²) in [5.41, 5.74) is 6.32. The topological polar surface area (TPSA) is 12.9 Å². The first kappa shape index (κ1) is 21.2. The minimum absolute atomic E-state index is 0.101. The van der Waals surface area contributed by atoms with Crippen LogP contribution in [-0.2, 0) is 16.1 Å². The van der Waals surface area contributed by atoms with Crippen LogP contribution in [0.5, 0.6) is 0 Å². The van der Waals surface area contributed by atoms with E-state index in [-0.39, 0.29) is 10.8 Å². The van der Waals surface area contributed by atoms with E-state index in [1.807, 2.05) is 0 Å². The molecule has 2 heteroatoms. The van der Waals surface area contributed by atoms with Crippen LogP contribution < -0.4 is 0 Å². The number of aromatic nitrogens is 1. The van der Waals surface area contributed by atoms with E-state index in [0.717, 1.165) is 11.3 Å². The molecule has 1 nitrogen and oxygen atoms in total. The Morgan fingerprint density at radius 3 is 1.93 bits per heavy atom. The van der Waals surface area contributed by atoms with Crippen molar-refractivity contribution in [1.82, 2.24) is 4.98 Å². The summed E-state index contributed by atoms with van der Waals surface area (Å²) >= 11 is 0. The number of pyridine rings is 1. The molecular formula is C26H36BN. The van der Waals surface area contributed by atoms with Crippen LogP contribution in [0.3, 0.4) is 0 Å². The van der Waals surface area contributed by atoms with Gasteiger partial charge in [-0.25, -0.2) is 0 Å². The highest BCUT2D eigenvalue weighted by atomic mass is 14.7. The van der Waals surface area contributed by atoms with Crippen molar-refractivity contribution in [2.24, 2.45) is 5.92 Å². The lowest BCUT2D eigenvalue weighted by Gasteiger charge is -2.37. The molecule has 0 aliphatic heterocycles. The lowest BCUT2D eigenvalue weighted by Crippen LogP contribution is -2.32. The molecule has 1 fully saturated rings. The molecule has 0 spiro atoms. The van der Waals surface area contributed by atoms with Gasteiger partial charge in [0.15, 0.2) is 0 Å². The molecule has 2 radical (unpaired) electrons. The molecule has 0 atom stereocenters. The molecule has 0 N–H and O–H groups in total. The third kappa shape index (κ3) is 4.21. The van der Waals surface area contributed by atoms with Gasteiger partial charge in [-0.2, -0.15) is 0 Å². The number of benzene rings is 1. The molecule has 0 amide bonds. The van der Waals surface area contributed by atoms with Gasteiger partial charge in [0.05, 0.1) is 13.5 Å². The van der Waals surface area contributed by atoms with Crippen LogP contribution in [0.1, 0.15) is 90.8 Å². The molecule has 3 rings (SSSR count). The fourth-order valence-electron chi connectivity index (χ4n) is 4.67. The predicted octanol–water partition coefficient (Wildman–Crippen LogP) is 6.92. The number of nitrogens with zero attached hydrogens (tertiary/aromatic N) is 1. The second-order valence-electron chi connectivity index (χ2n) is 10.9. The first-order valence-corrected chi connectivity index (χ1v) is 10.8. The van der Waals surface area contributed by atoms with Crippen molar-refractivity contribution in [2.45, 2.75) is 90.3 Å². The third-order valence-corrected chi connectivity index (χ3v) is 6.71. The van der Waals surface area contributed by atoms with Crippen LogP contribution in [0.15, 0.2) is 36.5 Å². The number of rotatable bonds is 4. The lowest BCUT2D eigenvalue weighted by molar-refractivity contribution is 0.321. The fourth-order valence-corrected chi connectivity index (χ4v) is 4.67. The minimum atomic E-state index is -0.395. The van der Waals surface area contributed by atoms with Crippen LogP contribution in [-0.4, -0.2) is 12.8 Å². The normalized spacial score (nSPS) is 16.5. The quantitative estimate of drug-likeness (QED) is 0.530. The highest BCUT2D eigenvalue weighted by Gasteiger charge is 2.37. The highest BCUT2D eigenvalue weighted by Crippen LogP contribution is 2.45. The van der Waals surface area contributed by atoms with Gasteiger partial charge in [-0.05, 0) is 57.7 Å². The van der Waals surface area contributed by atoms with Gasteiger partial charge in [0, 0.05) is 11.8 Å². The standard InChI is InChI=1S/C26H36BN/c1-24(2,3)19-14-12-18(13-15-19)23-16-21(26(6,7)27)22(17-28-23)25(4,5)20-10-8-9-11-20/h12-17,20H,8-11H2,1-7H3. The summed E-state index contributed by atoms with van der Waals surface area (Å²) in [6, 6.07) is 11.1. The van der Waals surface area contributed by atoms with Crippen molar-refractivity contribution in [2.75, 3.05) is 0 Å². The maximum atomic E-state index is 6.65. The molecule has 1 aliphatic carbocycles. The van der Waals surface area contributed by atoms with Gasteiger partial charge in [0.1, 0.15) is 0 Å². The molecule has 1 aromatic heterocycles. The van der Waals surface area contributed by atoms with Gasteiger partial charge in [0.25, 0.3) is 0 Å². The lowest BCUT2D eigenvalue weighted by atomic mass is 9.61.